The van der Waals surface area contributed by atoms with Gasteiger partial charge >= 0.3 is 5.69 Å². The molecule has 1 aliphatic heterocycles. The first-order valence-corrected chi connectivity index (χ1v) is 8.63. The standard InChI is InChI=1S/C16H20ClN7O2.HI/c17-13-1-3-14(4-2-13)21-7-9-22(10-8-21)16(18)19-5-6-23-12-15(11-20-23)24(25)26;/h1-4,11-12H,5-10H2,(H2,18,19);1H. The first-order chi connectivity index (χ1) is 12.5. The summed E-state index contributed by atoms with van der Waals surface area (Å²) >= 11 is 5.93. The zero-order valence-electron chi connectivity index (χ0n) is 14.6. The number of benzene rings is 1. The first kappa shape index (κ1) is 21.2. The topological polar surface area (TPSA) is 106 Å². The molecule has 1 fully saturated rings. The highest BCUT2D eigenvalue weighted by molar-refractivity contribution is 14.0. The van der Waals surface area contributed by atoms with Gasteiger partial charge in [-0.3, -0.25) is 19.8 Å². The minimum absolute atomic E-state index is 0. The molecule has 0 spiro atoms. The molecule has 11 heteroatoms. The van der Waals surface area contributed by atoms with Crippen molar-refractivity contribution in [2.24, 2.45) is 10.7 Å². The molecule has 2 N–H and O–H groups in total. The van der Waals surface area contributed by atoms with Crippen LogP contribution in [0.25, 0.3) is 0 Å². The molecule has 1 aliphatic rings. The molecule has 9 nitrogen and oxygen atoms in total. The van der Waals surface area contributed by atoms with Gasteiger partial charge in [0.05, 0.1) is 18.0 Å². The summed E-state index contributed by atoms with van der Waals surface area (Å²) in [5, 5.41) is 15.3. The predicted octanol–water partition coefficient (Wildman–Crippen LogP) is 2.20. The van der Waals surface area contributed by atoms with Crippen LogP contribution in [0.3, 0.4) is 0 Å². The van der Waals surface area contributed by atoms with E-state index in [-0.39, 0.29) is 29.7 Å². The summed E-state index contributed by atoms with van der Waals surface area (Å²) < 4.78 is 1.49. The molecule has 0 atom stereocenters. The molecule has 2 aromatic rings. The molecule has 0 amide bonds. The minimum Gasteiger partial charge on any atom is -0.370 e. The van der Waals surface area contributed by atoms with Gasteiger partial charge < -0.3 is 15.5 Å². The van der Waals surface area contributed by atoms with Gasteiger partial charge in [0.25, 0.3) is 0 Å². The molecule has 0 aliphatic carbocycles. The van der Waals surface area contributed by atoms with E-state index in [0.717, 1.165) is 36.9 Å². The fraction of sp³-hybridized carbons (Fsp3) is 0.375. The Kier molecular flexibility index (Phi) is 7.66. The van der Waals surface area contributed by atoms with E-state index in [1.54, 1.807) is 0 Å². The van der Waals surface area contributed by atoms with Crippen molar-refractivity contribution in [1.29, 1.82) is 0 Å². The van der Waals surface area contributed by atoms with E-state index in [0.29, 0.717) is 19.0 Å². The van der Waals surface area contributed by atoms with Crippen molar-refractivity contribution in [2.75, 3.05) is 37.6 Å². The second-order valence-corrected chi connectivity index (χ2v) is 6.35. The number of piperazine rings is 1. The highest BCUT2D eigenvalue weighted by atomic mass is 127. The normalized spacial score (nSPS) is 14.8. The van der Waals surface area contributed by atoms with Crippen LogP contribution in [0.5, 0.6) is 0 Å². The molecule has 1 saturated heterocycles. The molecule has 1 aromatic heterocycles. The average Bonchev–Trinajstić information content (AvgIpc) is 3.12. The van der Waals surface area contributed by atoms with E-state index in [1.165, 1.54) is 17.1 Å². The number of halogens is 2. The molecule has 0 bridgehead atoms. The Balaban J connectivity index is 0.00000261. The summed E-state index contributed by atoms with van der Waals surface area (Å²) in [6, 6.07) is 7.80. The number of nitrogens with zero attached hydrogens (tertiary/aromatic N) is 6. The first-order valence-electron chi connectivity index (χ1n) is 8.25. The largest absolute Gasteiger partial charge is 0.370 e. The third-order valence-electron chi connectivity index (χ3n) is 4.23. The molecule has 1 aromatic carbocycles. The van der Waals surface area contributed by atoms with Crippen LogP contribution in [0, 0.1) is 10.1 Å². The van der Waals surface area contributed by atoms with Crippen molar-refractivity contribution in [3.63, 3.8) is 0 Å². The van der Waals surface area contributed by atoms with Crippen molar-refractivity contribution in [3.8, 4) is 0 Å². The molecular formula is C16H21ClIN7O2. The summed E-state index contributed by atoms with van der Waals surface area (Å²) in [5.41, 5.74) is 7.19. The van der Waals surface area contributed by atoms with Gasteiger partial charge in [0.1, 0.15) is 12.4 Å². The lowest BCUT2D eigenvalue weighted by molar-refractivity contribution is -0.385. The average molecular weight is 506 g/mol. The Hall–Kier alpha value is -2.08. The monoisotopic (exact) mass is 505 g/mol. The highest BCUT2D eigenvalue weighted by Gasteiger charge is 2.18. The number of hydrogen-bond acceptors (Lipinski definition) is 5. The van der Waals surface area contributed by atoms with Crippen molar-refractivity contribution in [2.45, 2.75) is 6.54 Å². The molecule has 2 heterocycles. The van der Waals surface area contributed by atoms with Crippen molar-refractivity contribution in [3.05, 3.63) is 51.8 Å². The maximum Gasteiger partial charge on any atom is 0.306 e. The van der Waals surface area contributed by atoms with E-state index < -0.39 is 4.92 Å². The number of guanidine groups is 1. The van der Waals surface area contributed by atoms with Crippen LogP contribution in [0.4, 0.5) is 11.4 Å². The van der Waals surface area contributed by atoms with Gasteiger partial charge in [0, 0.05) is 36.9 Å². The number of rotatable bonds is 5. The Bertz CT molecular complexity index is 788. The zero-order valence-corrected chi connectivity index (χ0v) is 17.7. The van der Waals surface area contributed by atoms with Crippen molar-refractivity contribution < 1.29 is 4.92 Å². The van der Waals surface area contributed by atoms with Gasteiger partial charge in [-0.15, -0.1) is 24.0 Å². The van der Waals surface area contributed by atoms with Crippen LogP contribution in [0.2, 0.25) is 5.02 Å². The molecule has 0 radical (unpaired) electrons. The number of aromatic nitrogens is 2. The van der Waals surface area contributed by atoms with Crippen LogP contribution < -0.4 is 10.6 Å². The minimum atomic E-state index is -0.471. The number of aliphatic imine (C=N–C) groups is 1. The fourth-order valence-corrected chi connectivity index (χ4v) is 2.91. The third kappa shape index (κ3) is 5.70. The Morgan fingerprint density at radius 3 is 2.52 bits per heavy atom. The molecule has 146 valence electrons. The Labute approximate surface area is 178 Å². The van der Waals surface area contributed by atoms with E-state index in [9.17, 15) is 10.1 Å². The summed E-state index contributed by atoms with van der Waals surface area (Å²) in [5.74, 6) is 0.488. The Morgan fingerprint density at radius 2 is 1.93 bits per heavy atom. The maximum absolute atomic E-state index is 10.6. The summed E-state index contributed by atoms with van der Waals surface area (Å²) in [6.45, 7) is 4.13. The lowest BCUT2D eigenvalue weighted by Crippen LogP contribution is -2.51. The van der Waals surface area contributed by atoms with E-state index in [2.05, 4.69) is 15.0 Å². The summed E-state index contributed by atoms with van der Waals surface area (Å²) in [7, 11) is 0. The number of nitro groups is 1. The zero-order chi connectivity index (χ0) is 18.5. The van der Waals surface area contributed by atoms with Crippen molar-refractivity contribution >= 4 is 52.9 Å². The van der Waals surface area contributed by atoms with Gasteiger partial charge in [0.15, 0.2) is 5.96 Å². The van der Waals surface area contributed by atoms with Crippen LogP contribution in [-0.4, -0.2) is 58.3 Å². The van der Waals surface area contributed by atoms with E-state index in [1.807, 2.05) is 29.2 Å². The van der Waals surface area contributed by atoms with Crippen LogP contribution >= 0.6 is 35.6 Å². The second-order valence-electron chi connectivity index (χ2n) is 5.91. The Morgan fingerprint density at radius 1 is 1.26 bits per heavy atom. The quantitative estimate of drug-likeness (QED) is 0.220. The number of anilines is 1. The van der Waals surface area contributed by atoms with Crippen LogP contribution in [-0.2, 0) is 6.54 Å². The highest BCUT2D eigenvalue weighted by Crippen LogP contribution is 2.19. The summed E-state index contributed by atoms with van der Waals surface area (Å²) in [4.78, 5) is 18.8. The van der Waals surface area contributed by atoms with Crippen LogP contribution in [0.15, 0.2) is 41.7 Å². The predicted molar refractivity (Wildman–Crippen MR) is 116 cm³/mol. The van der Waals surface area contributed by atoms with Gasteiger partial charge in [-0.25, -0.2) is 0 Å². The van der Waals surface area contributed by atoms with Gasteiger partial charge in [0.2, 0.25) is 0 Å². The lowest BCUT2D eigenvalue weighted by atomic mass is 10.2. The van der Waals surface area contributed by atoms with E-state index in [4.69, 9.17) is 17.3 Å². The van der Waals surface area contributed by atoms with Crippen molar-refractivity contribution in [1.82, 2.24) is 14.7 Å². The number of nitrogens with two attached hydrogens (primary N) is 1. The SMILES string of the molecule is I.NC(=NCCn1cc([N+](=O)[O-])cn1)N1CCN(c2ccc(Cl)cc2)CC1. The smallest absolute Gasteiger partial charge is 0.306 e. The number of hydrogen-bond donors (Lipinski definition) is 1. The molecule has 3 rings (SSSR count). The summed E-state index contributed by atoms with van der Waals surface area (Å²) in [6.07, 6.45) is 2.61. The molecular weight excluding hydrogens is 485 g/mol. The van der Waals surface area contributed by atoms with Gasteiger partial charge in [-0.2, -0.15) is 5.10 Å². The molecule has 0 unspecified atom stereocenters. The fourth-order valence-electron chi connectivity index (χ4n) is 2.78. The maximum atomic E-state index is 10.6. The van der Waals surface area contributed by atoms with Crippen LogP contribution in [0.1, 0.15) is 0 Å². The molecule has 0 saturated carbocycles. The third-order valence-corrected chi connectivity index (χ3v) is 4.48. The lowest BCUT2D eigenvalue weighted by Gasteiger charge is -2.36. The molecule has 27 heavy (non-hydrogen) atoms. The van der Waals surface area contributed by atoms with Gasteiger partial charge in [-0.05, 0) is 24.3 Å². The van der Waals surface area contributed by atoms with E-state index >= 15 is 0 Å². The van der Waals surface area contributed by atoms with Gasteiger partial charge in [-0.1, -0.05) is 11.6 Å². The second kappa shape index (κ2) is 9.74.